The van der Waals surface area contributed by atoms with Crippen molar-refractivity contribution in [3.63, 3.8) is 0 Å². The monoisotopic (exact) mass is 199 g/mol. The lowest BCUT2D eigenvalue weighted by Crippen LogP contribution is -2.58. The van der Waals surface area contributed by atoms with Crippen LogP contribution in [0.2, 0.25) is 0 Å². The summed E-state index contributed by atoms with van der Waals surface area (Å²) in [6.07, 6.45) is 1.15. The highest BCUT2D eigenvalue weighted by Gasteiger charge is 2.28. The number of nitrogens with zero attached hydrogens (tertiary/aromatic N) is 2. The Morgan fingerprint density at radius 3 is 2.43 bits per heavy atom. The Kier molecular flexibility index (Phi) is 4.85. The molecule has 0 bridgehead atoms. The van der Waals surface area contributed by atoms with Gasteiger partial charge in [0.25, 0.3) is 0 Å². The fourth-order valence-electron chi connectivity index (χ4n) is 2.38. The number of rotatable bonds is 4. The molecule has 1 rings (SSSR count). The Morgan fingerprint density at radius 2 is 1.93 bits per heavy atom. The molecule has 0 saturated carbocycles. The summed E-state index contributed by atoms with van der Waals surface area (Å²) in [4.78, 5) is 5.00. The zero-order valence-corrected chi connectivity index (χ0v) is 9.87. The van der Waals surface area contributed by atoms with Gasteiger partial charge in [-0.2, -0.15) is 0 Å². The summed E-state index contributed by atoms with van der Waals surface area (Å²) in [5.74, 6) is 0. The quantitative estimate of drug-likeness (QED) is 0.725. The number of likely N-dealkylation sites (tertiary alicyclic amines) is 1. The summed E-state index contributed by atoms with van der Waals surface area (Å²) in [6, 6.07) is 0.941. The Hall–Kier alpha value is -0.120. The predicted molar refractivity (Wildman–Crippen MR) is 61.4 cm³/mol. The molecule has 2 unspecified atom stereocenters. The van der Waals surface area contributed by atoms with Gasteiger partial charge in [-0.05, 0) is 32.6 Å². The molecule has 1 fully saturated rings. The molecule has 14 heavy (non-hydrogen) atoms. The van der Waals surface area contributed by atoms with E-state index in [1.807, 2.05) is 0 Å². The SMILES string of the molecule is CCN1CCC(N)C(N(CC)CC)C1. The van der Waals surface area contributed by atoms with Crippen LogP contribution in [0.4, 0.5) is 0 Å². The molecule has 0 radical (unpaired) electrons. The molecule has 0 aromatic carbocycles. The molecule has 0 aromatic heterocycles. The summed E-state index contributed by atoms with van der Waals surface area (Å²) in [6.45, 7) is 12.4. The molecule has 0 amide bonds. The molecule has 0 aromatic rings. The molecule has 84 valence electrons. The number of likely N-dealkylation sites (N-methyl/N-ethyl adjacent to an activating group) is 2. The second-order valence-corrected chi connectivity index (χ2v) is 4.13. The Balaban J connectivity index is 2.54. The Morgan fingerprint density at radius 1 is 1.29 bits per heavy atom. The van der Waals surface area contributed by atoms with E-state index in [0.717, 1.165) is 32.6 Å². The van der Waals surface area contributed by atoms with E-state index in [9.17, 15) is 0 Å². The number of piperidine rings is 1. The lowest BCUT2D eigenvalue weighted by atomic mass is 9.98. The molecule has 0 aliphatic carbocycles. The zero-order valence-electron chi connectivity index (χ0n) is 9.87. The highest BCUT2D eigenvalue weighted by molar-refractivity contribution is 4.89. The smallest absolute Gasteiger partial charge is 0.0374 e. The van der Waals surface area contributed by atoms with Crippen LogP contribution in [-0.2, 0) is 0 Å². The molecule has 1 saturated heterocycles. The largest absolute Gasteiger partial charge is 0.326 e. The predicted octanol–water partition coefficient (Wildman–Crippen LogP) is 0.750. The maximum absolute atomic E-state index is 6.18. The zero-order chi connectivity index (χ0) is 10.6. The van der Waals surface area contributed by atoms with Crippen molar-refractivity contribution >= 4 is 0 Å². The van der Waals surface area contributed by atoms with E-state index in [-0.39, 0.29) is 0 Å². The lowest BCUT2D eigenvalue weighted by Gasteiger charge is -2.42. The van der Waals surface area contributed by atoms with Crippen LogP contribution >= 0.6 is 0 Å². The van der Waals surface area contributed by atoms with Gasteiger partial charge in [-0.1, -0.05) is 20.8 Å². The fraction of sp³-hybridized carbons (Fsp3) is 1.00. The van der Waals surface area contributed by atoms with E-state index < -0.39 is 0 Å². The Bertz CT molecular complexity index is 157. The van der Waals surface area contributed by atoms with Gasteiger partial charge >= 0.3 is 0 Å². The topological polar surface area (TPSA) is 32.5 Å². The van der Waals surface area contributed by atoms with Crippen molar-refractivity contribution in [1.82, 2.24) is 9.80 Å². The molecule has 2 N–H and O–H groups in total. The summed E-state index contributed by atoms with van der Waals surface area (Å²) in [5, 5.41) is 0. The van der Waals surface area contributed by atoms with E-state index in [2.05, 4.69) is 30.6 Å². The number of hydrogen-bond donors (Lipinski definition) is 1. The first kappa shape index (κ1) is 12.0. The third-order valence-electron chi connectivity index (χ3n) is 3.45. The molecule has 1 heterocycles. The van der Waals surface area contributed by atoms with Crippen molar-refractivity contribution in [3.05, 3.63) is 0 Å². The van der Waals surface area contributed by atoms with Crippen molar-refractivity contribution in [2.45, 2.75) is 39.3 Å². The molecule has 1 aliphatic rings. The van der Waals surface area contributed by atoms with Gasteiger partial charge in [0, 0.05) is 18.6 Å². The molecule has 1 aliphatic heterocycles. The first-order valence-corrected chi connectivity index (χ1v) is 5.94. The third kappa shape index (κ3) is 2.69. The molecule has 3 heteroatoms. The maximum Gasteiger partial charge on any atom is 0.0374 e. The van der Waals surface area contributed by atoms with Crippen molar-refractivity contribution < 1.29 is 0 Å². The summed E-state index contributed by atoms with van der Waals surface area (Å²) < 4.78 is 0. The highest BCUT2D eigenvalue weighted by atomic mass is 15.2. The van der Waals surface area contributed by atoms with E-state index in [0.29, 0.717) is 12.1 Å². The standard InChI is InChI=1S/C11H25N3/c1-4-13-8-7-10(12)11(9-13)14(5-2)6-3/h10-11H,4-9,12H2,1-3H3. The van der Waals surface area contributed by atoms with Gasteiger partial charge in [-0.15, -0.1) is 0 Å². The maximum atomic E-state index is 6.18. The summed E-state index contributed by atoms with van der Waals surface area (Å²) in [7, 11) is 0. The van der Waals surface area contributed by atoms with Gasteiger partial charge in [0.2, 0.25) is 0 Å². The van der Waals surface area contributed by atoms with Crippen molar-refractivity contribution in [2.24, 2.45) is 5.73 Å². The summed E-state index contributed by atoms with van der Waals surface area (Å²) in [5.41, 5.74) is 6.18. The van der Waals surface area contributed by atoms with Crippen LogP contribution in [0, 0.1) is 0 Å². The van der Waals surface area contributed by atoms with Gasteiger partial charge < -0.3 is 10.6 Å². The molecule has 2 atom stereocenters. The average Bonchev–Trinajstić information content (AvgIpc) is 2.22. The highest BCUT2D eigenvalue weighted by Crippen LogP contribution is 2.14. The number of hydrogen-bond acceptors (Lipinski definition) is 3. The van der Waals surface area contributed by atoms with Gasteiger partial charge in [0.15, 0.2) is 0 Å². The number of nitrogens with two attached hydrogens (primary N) is 1. The van der Waals surface area contributed by atoms with E-state index >= 15 is 0 Å². The minimum Gasteiger partial charge on any atom is -0.326 e. The molecule has 3 nitrogen and oxygen atoms in total. The van der Waals surface area contributed by atoms with Crippen LogP contribution in [0.1, 0.15) is 27.2 Å². The molecular formula is C11H25N3. The summed E-state index contributed by atoms with van der Waals surface area (Å²) >= 11 is 0. The van der Waals surface area contributed by atoms with E-state index in [4.69, 9.17) is 5.73 Å². The van der Waals surface area contributed by atoms with Gasteiger partial charge in [0.1, 0.15) is 0 Å². The van der Waals surface area contributed by atoms with Crippen LogP contribution in [-0.4, -0.2) is 54.6 Å². The van der Waals surface area contributed by atoms with Crippen LogP contribution in [0.15, 0.2) is 0 Å². The minimum atomic E-state index is 0.373. The lowest BCUT2D eigenvalue weighted by molar-refractivity contribution is 0.0919. The van der Waals surface area contributed by atoms with Crippen molar-refractivity contribution in [1.29, 1.82) is 0 Å². The van der Waals surface area contributed by atoms with Gasteiger partial charge in [-0.3, -0.25) is 4.90 Å². The van der Waals surface area contributed by atoms with Crippen molar-refractivity contribution in [3.8, 4) is 0 Å². The second-order valence-electron chi connectivity index (χ2n) is 4.13. The Labute approximate surface area is 88.2 Å². The van der Waals surface area contributed by atoms with Gasteiger partial charge in [0.05, 0.1) is 0 Å². The van der Waals surface area contributed by atoms with Crippen LogP contribution in [0.3, 0.4) is 0 Å². The van der Waals surface area contributed by atoms with Crippen LogP contribution < -0.4 is 5.73 Å². The molecule has 0 spiro atoms. The normalized spacial score (nSPS) is 29.8. The van der Waals surface area contributed by atoms with Crippen LogP contribution in [0.5, 0.6) is 0 Å². The molecular weight excluding hydrogens is 174 g/mol. The first-order chi connectivity index (χ1) is 6.72. The van der Waals surface area contributed by atoms with Crippen molar-refractivity contribution in [2.75, 3.05) is 32.7 Å². The van der Waals surface area contributed by atoms with Crippen LogP contribution in [0.25, 0.3) is 0 Å². The third-order valence-corrected chi connectivity index (χ3v) is 3.45. The van der Waals surface area contributed by atoms with Gasteiger partial charge in [-0.25, -0.2) is 0 Å². The minimum absolute atomic E-state index is 0.373. The first-order valence-electron chi connectivity index (χ1n) is 5.94. The van der Waals surface area contributed by atoms with E-state index in [1.54, 1.807) is 0 Å². The fourth-order valence-corrected chi connectivity index (χ4v) is 2.38. The average molecular weight is 199 g/mol. The van der Waals surface area contributed by atoms with E-state index in [1.165, 1.54) is 6.54 Å². The second kappa shape index (κ2) is 5.69.